The maximum absolute atomic E-state index is 12.3. The fraction of sp³-hybridized carbons (Fsp3) is 0.417. The van der Waals surface area contributed by atoms with Gasteiger partial charge in [0.1, 0.15) is 5.82 Å². The van der Waals surface area contributed by atoms with Crippen LogP contribution < -0.4 is 5.32 Å². The van der Waals surface area contributed by atoms with Gasteiger partial charge in [-0.1, -0.05) is 71.0 Å². The SMILES string of the molecule is CCC(C)c1ccc(Cn2c(CNC(=O)C(C)(C)C)nc3ccccc32)cc1. The highest BCUT2D eigenvalue weighted by molar-refractivity contribution is 5.81. The number of amides is 1. The number of rotatable bonds is 6. The molecule has 1 aromatic heterocycles. The van der Waals surface area contributed by atoms with Gasteiger partial charge in [0.05, 0.1) is 17.6 Å². The Kier molecular flexibility index (Phi) is 5.87. The molecule has 4 nitrogen and oxygen atoms in total. The van der Waals surface area contributed by atoms with E-state index in [1.807, 2.05) is 39.0 Å². The van der Waals surface area contributed by atoms with E-state index >= 15 is 0 Å². The lowest BCUT2D eigenvalue weighted by Crippen LogP contribution is -2.35. The average molecular weight is 378 g/mol. The lowest BCUT2D eigenvalue weighted by Gasteiger charge is -2.18. The predicted octanol–water partition coefficient (Wildman–Crippen LogP) is 5.26. The van der Waals surface area contributed by atoms with Gasteiger partial charge in [-0.15, -0.1) is 0 Å². The summed E-state index contributed by atoms with van der Waals surface area (Å²) < 4.78 is 2.20. The van der Waals surface area contributed by atoms with Gasteiger partial charge in [0.2, 0.25) is 5.91 Å². The first-order valence-electron chi connectivity index (χ1n) is 10.1. The molecule has 4 heteroatoms. The van der Waals surface area contributed by atoms with E-state index in [-0.39, 0.29) is 5.91 Å². The molecule has 3 aromatic rings. The average Bonchev–Trinajstić information content (AvgIpc) is 3.03. The first-order valence-corrected chi connectivity index (χ1v) is 10.1. The molecule has 2 aromatic carbocycles. The molecule has 28 heavy (non-hydrogen) atoms. The summed E-state index contributed by atoms with van der Waals surface area (Å²) in [5.74, 6) is 1.49. The molecule has 0 aliphatic heterocycles. The second-order valence-corrected chi connectivity index (χ2v) is 8.59. The van der Waals surface area contributed by atoms with E-state index in [2.05, 4.69) is 54.1 Å². The topological polar surface area (TPSA) is 46.9 Å². The van der Waals surface area contributed by atoms with E-state index in [1.54, 1.807) is 0 Å². The van der Waals surface area contributed by atoms with Crippen LogP contribution in [-0.2, 0) is 17.9 Å². The first kappa shape index (κ1) is 20.1. The molecule has 0 aliphatic carbocycles. The van der Waals surface area contributed by atoms with E-state index in [9.17, 15) is 4.79 Å². The zero-order valence-electron chi connectivity index (χ0n) is 17.6. The van der Waals surface area contributed by atoms with E-state index in [1.165, 1.54) is 11.1 Å². The number of para-hydroxylation sites is 2. The van der Waals surface area contributed by atoms with Crippen LogP contribution >= 0.6 is 0 Å². The van der Waals surface area contributed by atoms with Crippen molar-refractivity contribution >= 4 is 16.9 Å². The molecular formula is C24H31N3O. The standard InChI is InChI=1S/C24H31N3O/c1-6-17(2)19-13-11-18(12-14-19)16-27-21-10-8-7-9-20(21)26-22(27)15-25-23(28)24(3,4)5/h7-14,17H,6,15-16H2,1-5H3,(H,25,28). The Morgan fingerprint density at radius 2 is 1.79 bits per heavy atom. The smallest absolute Gasteiger partial charge is 0.225 e. The van der Waals surface area contributed by atoms with Gasteiger partial charge in [-0.2, -0.15) is 0 Å². The zero-order valence-corrected chi connectivity index (χ0v) is 17.6. The Morgan fingerprint density at radius 1 is 1.11 bits per heavy atom. The molecule has 1 atom stereocenters. The number of imidazole rings is 1. The van der Waals surface area contributed by atoms with Gasteiger partial charge >= 0.3 is 0 Å². The normalized spacial score (nSPS) is 12.9. The lowest BCUT2D eigenvalue weighted by molar-refractivity contribution is -0.128. The van der Waals surface area contributed by atoms with Gasteiger partial charge in [-0.25, -0.2) is 4.98 Å². The van der Waals surface area contributed by atoms with E-state index < -0.39 is 5.41 Å². The highest BCUT2D eigenvalue weighted by Gasteiger charge is 2.21. The summed E-state index contributed by atoms with van der Waals surface area (Å²) in [7, 11) is 0. The fourth-order valence-corrected chi connectivity index (χ4v) is 3.23. The van der Waals surface area contributed by atoms with E-state index in [0.717, 1.165) is 29.8 Å². The van der Waals surface area contributed by atoms with E-state index in [0.29, 0.717) is 12.5 Å². The van der Waals surface area contributed by atoms with Crippen molar-refractivity contribution in [3.05, 3.63) is 65.5 Å². The molecule has 0 bridgehead atoms. The van der Waals surface area contributed by atoms with Crippen LogP contribution in [0, 0.1) is 5.41 Å². The Hall–Kier alpha value is -2.62. The molecule has 1 unspecified atom stereocenters. The molecule has 0 spiro atoms. The molecule has 1 N–H and O–H groups in total. The van der Waals surface area contributed by atoms with Gasteiger partial charge in [-0.3, -0.25) is 4.79 Å². The number of benzene rings is 2. The van der Waals surface area contributed by atoms with Crippen molar-refractivity contribution < 1.29 is 4.79 Å². The summed E-state index contributed by atoms with van der Waals surface area (Å²) >= 11 is 0. The maximum Gasteiger partial charge on any atom is 0.225 e. The van der Waals surface area contributed by atoms with Gasteiger partial charge in [0.25, 0.3) is 0 Å². The van der Waals surface area contributed by atoms with Crippen LogP contribution in [0.5, 0.6) is 0 Å². The third-order valence-corrected chi connectivity index (χ3v) is 5.32. The van der Waals surface area contributed by atoms with Crippen LogP contribution in [0.25, 0.3) is 11.0 Å². The number of carbonyl (C=O) groups excluding carboxylic acids is 1. The molecule has 1 amide bonds. The van der Waals surface area contributed by atoms with Crippen molar-refractivity contribution in [1.82, 2.24) is 14.9 Å². The molecule has 0 aliphatic rings. The predicted molar refractivity (Wildman–Crippen MR) is 115 cm³/mol. The molecule has 3 rings (SSSR count). The molecule has 148 valence electrons. The summed E-state index contributed by atoms with van der Waals surface area (Å²) in [5.41, 5.74) is 4.24. The number of aromatic nitrogens is 2. The van der Waals surface area contributed by atoms with Crippen LogP contribution in [0.1, 0.15) is 63.9 Å². The highest BCUT2D eigenvalue weighted by atomic mass is 16.2. The van der Waals surface area contributed by atoms with Crippen molar-refractivity contribution in [2.24, 2.45) is 5.41 Å². The van der Waals surface area contributed by atoms with Gasteiger partial charge < -0.3 is 9.88 Å². The number of nitrogens with one attached hydrogen (secondary N) is 1. The third-order valence-electron chi connectivity index (χ3n) is 5.32. The number of hydrogen-bond acceptors (Lipinski definition) is 2. The monoisotopic (exact) mass is 377 g/mol. The zero-order chi connectivity index (χ0) is 20.3. The number of hydrogen-bond donors (Lipinski definition) is 1. The van der Waals surface area contributed by atoms with Crippen molar-refractivity contribution in [2.45, 2.75) is 60.0 Å². The first-order chi connectivity index (χ1) is 13.3. The second-order valence-electron chi connectivity index (χ2n) is 8.59. The van der Waals surface area contributed by atoms with Gasteiger partial charge in [0, 0.05) is 12.0 Å². The van der Waals surface area contributed by atoms with Crippen molar-refractivity contribution in [3.8, 4) is 0 Å². The van der Waals surface area contributed by atoms with Crippen LogP contribution in [0.2, 0.25) is 0 Å². The largest absolute Gasteiger partial charge is 0.348 e. The summed E-state index contributed by atoms with van der Waals surface area (Å²) in [4.78, 5) is 17.1. The van der Waals surface area contributed by atoms with Crippen LogP contribution in [0.3, 0.4) is 0 Å². The van der Waals surface area contributed by atoms with Crippen molar-refractivity contribution in [2.75, 3.05) is 0 Å². The summed E-state index contributed by atoms with van der Waals surface area (Å²) in [6, 6.07) is 17.0. The number of fused-ring (bicyclic) bond motifs is 1. The van der Waals surface area contributed by atoms with Crippen LogP contribution in [0.4, 0.5) is 0 Å². The summed E-state index contributed by atoms with van der Waals surface area (Å²) in [5, 5.41) is 3.04. The van der Waals surface area contributed by atoms with Crippen LogP contribution in [-0.4, -0.2) is 15.5 Å². The number of carbonyl (C=O) groups is 1. The van der Waals surface area contributed by atoms with Gasteiger partial charge in [-0.05, 0) is 35.6 Å². The minimum Gasteiger partial charge on any atom is -0.348 e. The van der Waals surface area contributed by atoms with Crippen molar-refractivity contribution in [1.29, 1.82) is 0 Å². The minimum atomic E-state index is -0.414. The molecule has 0 fully saturated rings. The molecule has 0 saturated carbocycles. The molecular weight excluding hydrogens is 346 g/mol. The maximum atomic E-state index is 12.3. The minimum absolute atomic E-state index is 0.0315. The third kappa shape index (κ3) is 4.44. The van der Waals surface area contributed by atoms with E-state index in [4.69, 9.17) is 4.98 Å². The Bertz CT molecular complexity index is 948. The number of nitrogens with zero attached hydrogens (tertiary/aromatic N) is 2. The molecule has 0 radical (unpaired) electrons. The summed E-state index contributed by atoms with van der Waals surface area (Å²) in [6.45, 7) is 11.4. The van der Waals surface area contributed by atoms with Crippen molar-refractivity contribution in [3.63, 3.8) is 0 Å². The Morgan fingerprint density at radius 3 is 2.43 bits per heavy atom. The van der Waals surface area contributed by atoms with Crippen LogP contribution in [0.15, 0.2) is 48.5 Å². The second kappa shape index (κ2) is 8.17. The Labute approximate surface area is 168 Å². The lowest BCUT2D eigenvalue weighted by atomic mass is 9.96. The highest BCUT2D eigenvalue weighted by Crippen LogP contribution is 2.22. The van der Waals surface area contributed by atoms with Gasteiger partial charge in [0.15, 0.2) is 0 Å². The quantitative estimate of drug-likeness (QED) is 0.637. The molecule has 0 saturated heterocycles. The molecule has 1 heterocycles. The summed E-state index contributed by atoms with van der Waals surface area (Å²) in [6.07, 6.45) is 1.14. The fourth-order valence-electron chi connectivity index (χ4n) is 3.23. The Balaban J connectivity index is 1.87.